The lowest BCUT2D eigenvalue weighted by molar-refractivity contribution is -0.242. The SMILES string of the molecule is C[C@@H]1C[C@@H](O)[C@@H](OC(=O)c2ccccc2)C(O)O1. The molecule has 1 unspecified atom stereocenters. The van der Waals surface area contributed by atoms with E-state index in [1.165, 1.54) is 0 Å². The summed E-state index contributed by atoms with van der Waals surface area (Å²) in [6.45, 7) is 1.74. The molecule has 1 aromatic carbocycles. The van der Waals surface area contributed by atoms with Crippen molar-refractivity contribution >= 4 is 5.97 Å². The number of aliphatic hydroxyl groups excluding tert-OH is 2. The van der Waals surface area contributed by atoms with E-state index in [2.05, 4.69) is 0 Å². The van der Waals surface area contributed by atoms with Crippen molar-refractivity contribution < 1.29 is 24.5 Å². The molecule has 2 rings (SSSR count). The van der Waals surface area contributed by atoms with Crippen LogP contribution in [0.15, 0.2) is 30.3 Å². The molecule has 98 valence electrons. The third kappa shape index (κ3) is 2.87. The van der Waals surface area contributed by atoms with Gasteiger partial charge in [0.1, 0.15) is 0 Å². The second-order valence-electron chi connectivity index (χ2n) is 4.38. The molecule has 1 saturated heterocycles. The lowest BCUT2D eigenvalue weighted by atomic mass is 10.0. The highest BCUT2D eigenvalue weighted by atomic mass is 16.7. The predicted molar refractivity (Wildman–Crippen MR) is 62.8 cm³/mol. The molecule has 0 saturated carbocycles. The average molecular weight is 252 g/mol. The maximum atomic E-state index is 11.8. The first-order valence-electron chi connectivity index (χ1n) is 5.85. The maximum absolute atomic E-state index is 11.8. The van der Waals surface area contributed by atoms with E-state index in [0.717, 1.165) is 0 Å². The summed E-state index contributed by atoms with van der Waals surface area (Å²) in [6, 6.07) is 8.42. The first-order valence-corrected chi connectivity index (χ1v) is 5.85. The summed E-state index contributed by atoms with van der Waals surface area (Å²) in [5.41, 5.74) is 0.371. The number of aliphatic hydroxyl groups is 2. The minimum absolute atomic E-state index is 0.262. The van der Waals surface area contributed by atoms with Crippen LogP contribution in [-0.4, -0.2) is 40.8 Å². The maximum Gasteiger partial charge on any atom is 0.338 e. The summed E-state index contributed by atoms with van der Waals surface area (Å²) < 4.78 is 10.2. The number of ether oxygens (including phenoxy) is 2. The highest BCUT2D eigenvalue weighted by Crippen LogP contribution is 2.22. The minimum Gasteiger partial charge on any atom is -0.451 e. The molecule has 4 atom stereocenters. The van der Waals surface area contributed by atoms with Crippen LogP contribution in [0.2, 0.25) is 0 Å². The molecule has 0 radical (unpaired) electrons. The lowest BCUT2D eigenvalue weighted by Gasteiger charge is -2.35. The smallest absolute Gasteiger partial charge is 0.338 e. The van der Waals surface area contributed by atoms with Gasteiger partial charge in [0.15, 0.2) is 12.4 Å². The van der Waals surface area contributed by atoms with E-state index >= 15 is 0 Å². The zero-order chi connectivity index (χ0) is 13.1. The second kappa shape index (κ2) is 5.48. The molecule has 18 heavy (non-hydrogen) atoms. The van der Waals surface area contributed by atoms with Crippen LogP contribution in [0.1, 0.15) is 23.7 Å². The molecule has 0 amide bonds. The average Bonchev–Trinajstić information content (AvgIpc) is 2.34. The zero-order valence-corrected chi connectivity index (χ0v) is 10.0. The molecule has 1 heterocycles. The van der Waals surface area contributed by atoms with Gasteiger partial charge >= 0.3 is 5.97 Å². The van der Waals surface area contributed by atoms with Crippen molar-refractivity contribution in [1.82, 2.24) is 0 Å². The van der Waals surface area contributed by atoms with Crippen molar-refractivity contribution in [3.05, 3.63) is 35.9 Å². The summed E-state index contributed by atoms with van der Waals surface area (Å²) in [4.78, 5) is 11.8. The van der Waals surface area contributed by atoms with Crippen LogP contribution in [0.25, 0.3) is 0 Å². The summed E-state index contributed by atoms with van der Waals surface area (Å²) in [5.74, 6) is -0.586. The van der Waals surface area contributed by atoms with Crippen molar-refractivity contribution in [2.24, 2.45) is 0 Å². The van der Waals surface area contributed by atoms with Crippen LogP contribution in [0.5, 0.6) is 0 Å². The molecular weight excluding hydrogens is 236 g/mol. The molecule has 2 N–H and O–H groups in total. The minimum atomic E-state index is -1.29. The largest absolute Gasteiger partial charge is 0.451 e. The molecule has 5 nitrogen and oxygen atoms in total. The highest BCUT2D eigenvalue weighted by Gasteiger charge is 2.38. The Kier molecular flexibility index (Phi) is 3.96. The fourth-order valence-electron chi connectivity index (χ4n) is 1.94. The third-order valence-electron chi connectivity index (χ3n) is 2.86. The van der Waals surface area contributed by atoms with Gasteiger partial charge in [0, 0.05) is 6.42 Å². The summed E-state index contributed by atoms with van der Waals surface area (Å²) in [6.07, 6.45) is -3.20. The van der Waals surface area contributed by atoms with Crippen LogP contribution in [-0.2, 0) is 9.47 Å². The molecular formula is C13H16O5. The molecule has 1 aliphatic rings. The Morgan fingerprint density at radius 3 is 2.61 bits per heavy atom. The second-order valence-corrected chi connectivity index (χ2v) is 4.38. The van der Waals surface area contributed by atoms with Gasteiger partial charge in [-0.1, -0.05) is 18.2 Å². The van der Waals surface area contributed by atoms with Gasteiger partial charge in [0.2, 0.25) is 0 Å². The van der Waals surface area contributed by atoms with E-state index in [1.807, 2.05) is 0 Å². The van der Waals surface area contributed by atoms with Crippen LogP contribution in [0.3, 0.4) is 0 Å². The van der Waals surface area contributed by atoms with Crippen LogP contribution >= 0.6 is 0 Å². The van der Waals surface area contributed by atoms with Crippen molar-refractivity contribution in [2.45, 2.75) is 37.9 Å². The quantitative estimate of drug-likeness (QED) is 0.758. The van der Waals surface area contributed by atoms with Gasteiger partial charge in [0.25, 0.3) is 0 Å². The molecule has 5 heteroatoms. The van der Waals surface area contributed by atoms with Crippen LogP contribution < -0.4 is 0 Å². The van der Waals surface area contributed by atoms with E-state index in [9.17, 15) is 15.0 Å². The monoisotopic (exact) mass is 252 g/mol. The van der Waals surface area contributed by atoms with Crippen molar-refractivity contribution in [3.63, 3.8) is 0 Å². The number of carbonyl (C=O) groups is 1. The Morgan fingerprint density at radius 1 is 1.33 bits per heavy atom. The molecule has 0 bridgehead atoms. The Bertz CT molecular complexity index is 393. The summed E-state index contributed by atoms with van der Waals surface area (Å²) >= 11 is 0. The van der Waals surface area contributed by atoms with Crippen LogP contribution in [0.4, 0.5) is 0 Å². The Balaban J connectivity index is 2.03. The third-order valence-corrected chi connectivity index (χ3v) is 2.86. The number of esters is 1. The van der Waals surface area contributed by atoms with Gasteiger partial charge in [-0.15, -0.1) is 0 Å². The fraction of sp³-hybridized carbons (Fsp3) is 0.462. The van der Waals surface area contributed by atoms with E-state index < -0.39 is 24.5 Å². The van der Waals surface area contributed by atoms with Gasteiger partial charge in [-0.2, -0.15) is 0 Å². The molecule has 1 fully saturated rings. The topological polar surface area (TPSA) is 76.0 Å². The number of hydrogen-bond acceptors (Lipinski definition) is 5. The van der Waals surface area contributed by atoms with E-state index in [1.54, 1.807) is 37.3 Å². The number of carbonyl (C=O) groups excluding carboxylic acids is 1. The Labute approximate surface area is 105 Å². The lowest BCUT2D eigenvalue weighted by Crippen LogP contribution is -2.49. The van der Waals surface area contributed by atoms with Gasteiger partial charge in [0.05, 0.1) is 17.8 Å². The number of benzene rings is 1. The molecule has 0 aromatic heterocycles. The van der Waals surface area contributed by atoms with Gasteiger partial charge < -0.3 is 19.7 Å². The number of hydrogen-bond donors (Lipinski definition) is 2. The normalized spacial score (nSPS) is 31.9. The first-order chi connectivity index (χ1) is 8.58. The summed E-state index contributed by atoms with van der Waals surface area (Å²) in [7, 11) is 0. The van der Waals surface area contributed by atoms with E-state index in [4.69, 9.17) is 9.47 Å². The Hall–Kier alpha value is -1.43. The first kappa shape index (κ1) is 13.0. The van der Waals surface area contributed by atoms with Gasteiger partial charge in [-0.05, 0) is 19.1 Å². The van der Waals surface area contributed by atoms with Crippen molar-refractivity contribution in [1.29, 1.82) is 0 Å². The summed E-state index contributed by atoms with van der Waals surface area (Å²) in [5, 5.41) is 19.4. The van der Waals surface area contributed by atoms with Crippen molar-refractivity contribution in [3.8, 4) is 0 Å². The van der Waals surface area contributed by atoms with E-state index in [0.29, 0.717) is 12.0 Å². The molecule has 1 aromatic rings. The molecule has 0 aliphatic carbocycles. The predicted octanol–water partition coefficient (Wildman–Crippen LogP) is 0.700. The van der Waals surface area contributed by atoms with E-state index in [-0.39, 0.29) is 6.10 Å². The number of rotatable bonds is 2. The Morgan fingerprint density at radius 2 is 2.00 bits per heavy atom. The highest BCUT2D eigenvalue weighted by molar-refractivity contribution is 5.89. The molecule has 1 aliphatic heterocycles. The zero-order valence-electron chi connectivity index (χ0n) is 10.0. The van der Waals surface area contributed by atoms with Gasteiger partial charge in [-0.25, -0.2) is 4.79 Å². The standard InChI is InChI=1S/C13H16O5/c1-8-7-10(14)11(13(16)17-8)18-12(15)9-5-3-2-4-6-9/h2-6,8,10-11,13-14,16H,7H2,1H3/t8-,10-,11-,13?/m1/s1. The van der Waals surface area contributed by atoms with Gasteiger partial charge in [-0.3, -0.25) is 0 Å². The van der Waals surface area contributed by atoms with Crippen LogP contribution in [0, 0.1) is 0 Å². The fourth-order valence-corrected chi connectivity index (χ4v) is 1.94. The van der Waals surface area contributed by atoms with Crippen molar-refractivity contribution in [2.75, 3.05) is 0 Å². The molecule has 0 spiro atoms.